The van der Waals surface area contributed by atoms with Gasteiger partial charge in [0.15, 0.2) is 0 Å². The topological polar surface area (TPSA) is 15.3 Å². The van der Waals surface area contributed by atoms with E-state index in [2.05, 4.69) is 24.1 Å². The molecule has 0 bridgehead atoms. The Labute approximate surface area is 114 Å². The summed E-state index contributed by atoms with van der Waals surface area (Å²) in [5.74, 6) is 0.985. The Morgan fingerprint density at radius 1 is 1.00 bits per heavy atom. The summed E-state index contributed by atoms with van der Waals surface area (Å²) in [5, 5.41) is 3.69. The third-order valence-corrected chi connectivity index (χ3v) is 5.07. The summed E-state index contributed by atoms with van der Waals surface area (Å²) in [6.07, 6.45) is 11.3. The second-order valence-electron chi connectivity index (χ2n) is 6.28. The third-order valence-electron chi connectivity index (χ3n) is 5.07. The number of rotatable bonds is 5. The number of nitrogens with one attached hydrogen (secondary N) is 1. The van der Waals surface area contributed by atoms with E-state index in [-0.39, 0.29) is 0 Å². The first kappa shape index (κ1) is 14.3. The molecule has 2 atom stereocenters. The zero-order valence-electron chi connectivity index (χ0n) is 12.5. The highest BCUT2D eigenvalue weighted by Gasteiger charge is 2.31. The van der Waals surface area contributed by atoms with Crippen molar-refractivity contribution in [1.82, 2.24) is 10.2 Å². The minimum Gasteiger partial charge on any atom is -0.314 e. The summed E-state index contributed by atoms with van der Waals surface area (Å²) in [5.41, 5.74) is 0. The lowest BCUT2D eigenvalue weighted by atomic mass is 9.81. The molecule has 2 heteroatoms. The van der Waals surface area contributed by atoms with E-state index in [0.29, 0.717) is 0 Å². The normalized spacial score (nSPS) is 31.7. The van der Waals surface area contributed by atoms with Crippen molar-refractivity contribution in [2.75, 3.05) is 19.6 Å². The smallest absolute Gasteiger partial charge is 0.0123 e. The van der Waals surface area contributed by atoms with E-state index in [0.717, 1.165) is 18.0 Å². The maximum Gasteiger partial charge on any atom is 0.0123 e. The summed E-state index contributed by atoms with van der Waals surface area (Å²) in [4.78, 5) is 2.82. The van der Waals surface area contributed by atoms with Crippen LogP contribution in [0.5, 0.6) is 0 Å². The molecule has 2 fully saturated rings. The summed E-state index contributed by atoms with van der Waals surface area (Å²) >= 11 is 0. The number of hydrogen-bond acceptors (Lipinski definition) is 2. The second-order valence-corrected chi connectivity index (χ2v) is 6.28. The number of hydrogen-bond donors (Lipinski definition) is 1. The van der Waals surface area contributed by atoms with Crippen LogP contribution in [0, 0.1) is 5.92 Å². The molecule has 18 heavy (non-hydrogen) atoms. The summed E-state index contributed by atoms with van der Waals surface area (Å²) in [6, 6.07) is 1.71. The van der Waals surface area contributed by atoms with Crippen molar-refractivity contribution in [2.45, 2.75) is 77.3 Å². The molecule has 1 aliphatic heterocycles. The van der Waals surface area contributed by atoms with Crippen molar-refractivity contribution >= 4 is 0 Å². The zero-order valence-corrected chi connectivity index (χ0v) is 12.5. The Morgan fingerprint density at radius 3 is 2.39 bits per heavy atom. The standard InChI is InChI=1S/C16H32N2/c1-3-11-17-15-9-12-18(13-10-15)16-8-6-5-7-14(16)4-2/h14-17H,3-13H2,1-2H3. The van der Waals surface area contributed by atoms with Crippen LogP contribution >= 0.6 is 0 Å². The second kappa shape index (κ2) is 7.49. The van der Waals surface area contributed by atoms with Gasteiger partial charge in [0.25, 0.3) is 0 Å². The fourth-order valence-electron chi connectivity index (χ4n) is 3.93. The Hall–Kier alpha value is -0.0800. The van der Waals surface area contributed by atoms with Crippen molar-refractivity contribution in [3.05, 3.63) is 0 Å². The molecule has 2 nitrogen and oxygen atoms in total. The predicted molar refractivity (Wildman–Crippen MR) is 78.9 cm³/mol. The molecule has 1 saturated heterocycles. The van der Waals surface area contributed by atoms with Crippen LogP contribution in [0.4, 0.5) is 0 Å². The molecule has 2 rings (SSSR count). The Morgan fingerprint density at radius 2 is 1.72 bits per heavy atom. The average Bonchev–Trinajstić information content (AvgIpc) is 2.45. The number of nitrogens with zero attached hydrogens (tertiary/aromatic N) is 1. The molecule has 2 unspecified atom stereocenters. The highest BCUT2D eigenvalue weighted by Crippen LogP contribution is 2.32. The van der Waals surface area contributed by atoms with Gasteiger partial charge < -0.3 is 5.32 Å². The van der Waals surface area contributed by atoms with Gasteiger partial charge in [0.1, 0.15) is 0 Å². The Kier molecular flexibility index (Phi) is 5.97. The molecule has 1 heterocycles. The van der Waals surface area contributed by atoms with Crippen molar-refractivity contribution in [3.8, 4) is 0 Å². The molecule has 0 amide bonds. The van der Waals surface area contributed by atoms with E-state index in [4.69, 9.17) is 0 Å². The number of likely N-dealkylation sites (tertiary alicyclic amines) is 1. The van der Waals surface area contributed by atoms with Crippen LogP contribution in [0.3, 0.4) is 0 Å². The fourth-order valence-corrected chi connectivity index (χ4v) is 3.93. The van der Waals surface area contributed by atoms with Gasteiger partial charge in [-0.15, -0.1) is 0 Å². The van der Waals surface area contributed by atoms with E-state index in [9.17, 15) is 0 Å². The van der Waals surface area contributed by atoms with Crippen LogP contribution in [0.2, 0.25) is 0 Å². The molecular weight excluding hydrogens is 220 g/mol. The van der Waals surface area contributed by atoms with E-state index in [1.165, 1.54) is 71.0 Å². The highest BCUT2D eigenvalue weighted by atomic mass is 15.2. The SMILES string of the molecule is CCCNC1CCN(C2CCCCC2CC)CC1. The van der Waals surface area contributed by atoms with Gasteiger partial charge in [0, 0.05) is 12.1 Å². The van der Waals surface area contributed by atoms with Crippen LogP contribution in [0.1, 0.15) is 65.2 Å². The first-order valence-electron chi connectivity index (χ1n) is 8.32. The average molecular weight is 252 g/mol. The van der Waals surface area contributed by atoms with Gasteiger partial charge in [-0.2, -0.15) is 0 Å². The van der Waals surface area contributed by atoms with Crippen molar-refractivity contribution in [1.29, 1.82) is 0 Å². The van der Waals surface area contributed by atoms with Gasteiger partial charge in [0.05, 0.1) is 0 Å². The Balaban J connectivity index is 1.77. The van der Waals surface area contributed by atoms with Gasteiger partial charge in [0.2, 0.25) is 0 Å². The third kappa shape index (κ3) is 3.71. The highest BCUT2D eigenvalue weighted by molar-refractivity contribution is 4.87. The minimum absolute atomic E-state index is 0.796. The van der Waals surface area contributed by atoms with Gasteiger partial charge in [-0.25, -0.2) is 0 Å². The molecule has 2 aliphatic rings. The molecule has 1 aliphatic carbocycles. The molecule has 0 aromatic carbocycles. The lowest BCUT2D eigenvalue weighted by Gasteiger charge is -2.43. The van der Waals surface area contributed by atoms with Crippen LogP contribution in [0.15, 0.2) is 0 Å². The van der Waals surface area contributed by atoms with Crippen molar-refractivity contribution < 1.29 is 0 Å². The van der Waals surface area contributed by atoms with Crippen LogP contribution in [0.25, 0.3) is 0 Å². The lowest BCUT2D eigenvalue weighted by Crippen LogP contribution is -2.49. The molecule has 1 N–H and O–H groups in total. The van der Waals surface area contributed by atoms with Crippen molar-refractivity contribution in [3.63, 3.8) is 0 Å². The van der Waals surface area contributed by atoms with Gasteiger partial charge >= 0.3 is 0 Å². The maximum absolute atomic E-state index is 3.69. The summed E-state index contributed by atoms with van der Waals surface area (Å²) in [6.45, 7) is 8.52. The first-order valence-corrected chi connectivity index (χ1v) is 8.32. The lowest BCUT2D eigenvalue weighted by molar-refractivity contribution is 0.0732. The number of piperidine rings is 1. The fraction of sp³-hybridized carbons (Fsp3) is 1.00. The van der Waals surface area contributed by atoms with E-state index < -0.39 is 0 Å². The largest absolute Gasteiger partial charge is 0.314 e. The molecular formula is C16H32N2. The van der Waals surface area contributed by atoms with Gasteiger partial charge in [-0.05, 0) is 57.7 Å². The maximum atomic E-state index is 3.69. The van der Waals surface area contributed by atoms with Gasteiger partial charge in [-0.1, -0.05) is 33.1 Å². The molecule has 0 spiro atoms. The quantitative estimate of drug-likeness (QED) is 0.806. The van der Waals surface area contributed by atoms with Gasteiger partial charge in [-0.3, -0.25) is 4.90 Å². The zero-order chi connectivity index (χ0) is 12.8. The monoisotopic (exact) mass is 252 g/mol. The summed E-state index contributed by atoms with van der Waals surface area (Å²) < 4.78 is 0. The first-order chi connectivity index (χ1) is 8.85. The summed E-state index contributed by atoms with van der Waals surface area (Å²) in [7, 11) is 0. The van der Waals surface area contributed by atoms with Crippen LogP contribution in [-0.4, -0.2) is 36.6 Å². The molecule has 0 radical (unpaired) electrons. The van der Waals surface area contributed by atoms with Crippen LogP contribution in [-0.2, 0) is 0 Å². The molecule has 106 valence electrons. The van der Waals surface area contributed by atoms with E-state index >= 15 is 0 Å². The van der Waals surface area contributed by atoms with E-state index in [1.54, 1.807) is 0 Å². The van der Waals surface area contributed by atoms with Crippen molar-refractivity contribution in [2.24, 2.45) is 5.92 Å². The van der Waals surface area contributed by atoms with E-state index in [1.807, 2.05) is 0 Å². The Bertz CT molecular complexity index is 221. The molecule has 1 saturated carbocycles. The minimum atomic E-state index is 0.796. The molecule has 0 aromatic rings. The van der Waals surface area contributed by atoms with Crippen LogP contribution < -0.4 is 5.32 Å². The molecule has 0 aromatic heterocycles. The predicted octanol–water partition coefficient (Wildman–Crippen LogP) is 3.42.